The van der Waals surface area contributed by atoms with E-state index in [4.69, 9.17) is 5.73 Å². The SMILES string of the molecule is NC(c1ccc(F)cc1)c1ncccn1. The van der Waals surface area contributed by atoms with Gasteiger partial charge >= 0.3 is 0 Å². The second-order valence-corrected chi connectivity index (χ2v) is 3.14. The van der Waals surface area contributed by atoms with Crippen molar-refractivity contribution in [1.82, 2.24) is 9.97 Å². The van der Waals surface area contributed by atoms with Crippen LogP contribution in [0.3, 0.4) is 0 Å². The Labute approximate surface area is 86.8 Å². The lowest BCUT2D eigenvalue weighted by Gasteiger charge is -2.09. The van der Waals surface area contributed by atoms with E-state index in [2.05, 4.69) is 9.97 Å². The first-order valence-corrected chi connectivity index (χ1v) is 4.55. The van der Waals surface area contributed by atoms with Gasteiger partial charge in [-0.25, -0.2) is 14.4 Å². The van der Waals surface area contributed by atoms with Crippen LogP contribution < -0.4 is 5.73 Å². The second kappa shape index (κ2) is 4.14. The molecule has 2 rings (SSSR count). The van der Waals surface area contributed by atoms with E-state index in [1.165, 1.54) is 12.1 Å². The monoisotopic (exact) mass is 203 g/mol. The van der Waals surface area contributed by atoms with E-state index in [-0.39, 0.29) is 5.82 Å². The highest BCUT2D eigenvalue weighted by Gasteiger charge is 2.10. The molecule has 0 amide bonds. The van der Waals surface area contributed by atoms with Crippen molar-refractivity contribution in [3.05, 3.63) is 59.9 Å². The van der Waals surface area contributed by atoms with E-state index >= 15 is 0 Å². The van der Waals surface area contributed by atoms with Crippen LogP contribution in [0.2, 0.25) is 0 Å². The molecular formula is C11H10FN3. The van der Waals surface area contributed by atoms with Gasteiger partial charge < -0.3 is 5.73 Å². The third kappa shape index (κ3) is 2.16. The second-order valence-electron chi connectivity index (χ2n) is 3.14. The molecule has 0 fully saturated rings. The Balaban J connectivity index is 2.29. The van der Waals surface area contributed by atoms with Crippen LogP contribution in [0, 0.1) is 5.82 Å². The number of rotatable bonds is 2. The van der Waals surface area contributed by atoms with Crippen molar-refractivity contribution in [2.45, 2.75) is 6.04 Å². The number of benzene rings is 1. The van der Waals surface area contributed by atoms with Gasteiger partial charge in [-0.15, -0.1) is 0 Å². The molecule has 0 bridgehead atoms. The van der Waals surface area contributed by atoms with E-state index in [1.807, 2.05) is 0 Å². The Morgan fingerprint density at radius 2 is 1.67 bits per heavy atom. The molecule has 0 saturated heterocycles. The maximum Gasteiger partial charge on any atom is 0.149 e. The Morgan fingerprint density at radius 3 is 2.27 bits per heavy atom. The highest BCUT2D eigenvalue weighted by molar-refractivity contribution is 5.24. The summed E-state index contributed by atoms with van der Waals surface area (Å²) in [5, 5.41) is 0. The minimum atomic E-state index is -0.410. The van der Waals surface area contributed by atoms with E-state index < -0.39 is 6.04 Å². The van der Waals surface area contributed by atoms with Crippen LogP contribution in [0.4, 0.5) is 4.39 Å². The molecule has 2 N–H and O–H groups in total. The zero-order chi connectivity index (χ0) is 10.7. The molecule has 1 atom stereocenters. The van der Waals surface area contributed by atoms with Gasteiger partial charge in [0.1, 0.15) is 11.6 Å². The summed E-state index contributed by atoms with van der Waals surface area (Å²) in [6.45, 7) is 0. The molecule has 1 aromatic heterocycles. The lowest BCUT2D eigenvalue weighted by atomic mass is 10.1. The van der Waals surface area contributed by atoms with Crippen LogP contribution in [-0.4, -0.2) is 9.97 Å². The number of nitrogens with two attached hydrogens (primary N) is 1. The third-order valence-electron chi connectivity index (χ3n) is 2.09. The summed E-state index contributed by atoms with van der Waals surface area (Å²) in [6, 6.07) is 7.33. The van der Waals surface area contributed by atoms with Crippen LogP contribution in [0.5, 0.6) is 0 Å². The summed E-state index contributed by atoms with van der Waals surface area (Å²) in [6.07, 6.45) is 3.26. The van der Waals surface area contributed by atoms with Crippen LogP contribution >= 0.6 is 0 Å². The molecule has 0 saturated carbocycles. The van der Waals surface area contributed by atoms with Gasteiger partial charge in [-0.3, -0.25) is 0 Å². The third-order valence-corrected chi connectivity index (χ3v) is 2.09. The number of halogens is 1. The predicted molar refractivity (Wildman–Crippen MR) is 54.5 cm³/mol. The number of nitrogens with zero attached hydrogens (tertiary/aromatic N) is 2. The molecule has 1 unspecified atom stereocenters. The first kappa shape index (κ1) is 9.73. The minimum Gasteiger partial charge on any atom is -0.318 e. The summed E-state index contributed by atoms with van der Waals surface area (Å²) in [4.78, 5) is 8.10. The Morgan fingerprint density at radius 1 is 1.07 bits per heavy atom. The van der Waals surface area contributed by atoms with Gasteiger partial charge in [0, 0.05) is 12.4 Å². The fourth-order valence-corrected chi connectivity index (χ4v) is 1.29. The van der Waals surface area contributed by atoms with Crippen molar-refractivity contribution in [2.75, 3.05) is 0 Å². The van der Waals surface area contributed by atoms with Crippen LogP contribution in [0.25, 0.3) is 0 Å². The lowest BCUT2D eigenvalue weighted by Crippen LogP contribution is -2.14. The molecule has 0 aliphatic carbocycles. The molecule has 2 aromatic rings. The van der Waals surface area contributed by atoms with Gasteiger partial charge in [0.15, 0.2) is 0 Å². The topological polar surface area (TPSA) is 51.8 Å². The van der Waals surface area contributed by atoms with Crippen LogP contribution in [-0.2, 0) is 0 Å². The normalized spacial score (nSPS) is 12.4. The Hall–Kier alpha value is -1.81. The smallest absolute Gasteiger partial charge is 0.149 e. The van der Waals surface area contributed by atoms with Crippen LogP contribution in [0.15, 0.2) is 42.7 Å². The lowest BCUT2D eigenvalue weighted by molar-refractivity contribution is 0.626. The molecule has 0 aliphatic rings. The van der Waals surface area contributed by atoms with Crippen molar-refractivity contribution in [3.8, 4) is 0 Å². The minimum absolute atomic E-state index is 0.278. The molecule has 1 heterocycles. The number of hydrogen-bond acceptors (Lipinski definition) is 3. The zero-order valence-corrected chi connectivity index (χ0v) is 7.97. The maximum absolute atomic E-state index is 12.7. The Kier molecular flexibility index (Phi) is 2.69. The molecule has 3 nitrogen and oxygen atoms in total. The number of hydrogen-bond donors (Lipinski definition) is 1. The molecular weight excluding hydrogens is 193 g/mol. The summed E-state index contributed by atoms with van der Waals surface area (Å²) in [5.74, 6) is 0.254. The highest BCUT2D eigenvalue weighted by atomic mass is 19.1. The predicted octanol–water partition coefficient (Wildman–Crippen LogP) is 1.66. The molecule has 4 heteroatoms. The van der Waals surface area contributed by atoms with Crippen molar-refractivity contribution in [2.24, 2.45) is 5.73 Å². The molecule has 76 valence electrons. The summed E-state index contributed by atoms with van der Waals surface area (Å²) >= 11 is 0. The maximum atomic E-state index is 12.7. The van der Waals surface area contributed by atoms with Gasteiger partial charge in [-0.05, 0) is 23.8 Å². The zero-order valence-electron chi connectivity index (χ0n) is 7.97. The molecule has 15 heavy (non-hydrogen) atoms. The first-order valence-electron chi connectivity index (χ1n) is 4.55. The van der Waals surface area contributed by atoms with Crippen molar-refractivity contribution in [3.63, 3.8) is 0 Å². The van der Waals surface area contributed by atoms with E-state index in [9.17, 15) is 4.39 Å². The van der Waals surface area contributed by atoms with E-state index in [0.29, 0.717) is 5.82 Å². The Bertz CT molecular complexity index is 427. The van der Waals surface area contributed by atoms with Gasteiger partial charge in [-0.1, -0.05) is 12.1 Å². The highest BCUT2D eigenvalue weighted by Crippen LogP contribution is 2.15. The van der Waals surface area contributed by atoms with Crippen molar-refractivity contribution < 1.29 is 4.39 Å². The van der Waals surface area contributed by atoms with Gasteiger partial charge in [0.2, 0.25) is 0 Å². The van der Waals surface area contributed by atoms with Gasteiger partial charge in [0.25, 0.3) is 0 Å². The molecule has 0 radical (unpaired) electrons. The first-order chi connectivity index (χ1) is 7.27. The van der Waals surface area contributed by atoms with Crippen LogP contribution in [0.1, 0.15) is 17.4 Å². The molecule has 1 aromatic carbocycles. The van der Waals surface area contributed by atoms with Crippen molar-refractivity contribution >= 4 is 0 Å². The fourth-order valence-electron chi connectivity index (χ4n) is 1.29. The summed E-state index contributed by atoms with van der Waals surface area (Å²) < 4.78 is 12.7. The fraction of sp³-hybridized carbons (Fsp3) is 0.0909. The van der Waals surface area contributed by atoms with E-state index in [0.717, 1.165) is 5.56 Å². The van der Waals surface area contributed by atoms with E-state index in [1.54, 1.807) is 30.6 Å². The average molecular weight is 203 g/mol. The summed E-state index contributed by atoms with van der Waals surface area (Å²) in [7, 11) is 0. The standard InChI is InChI=1S/C11H10FN3/c12-9-4-2-8(3-5-9)10(13)11-14-6-1-7-15-11/h1-7,10H,13H2. The van der Waals surface area contributed by atoms with Gasteiger partial charge in [0.05, 0.1) is 6.04 Å². The largest absolute Gasteiger partial charge is 0.318 e. The summed E-state index contributed by atoms with van der Waals surface area (Å²) in [5.41, 5.74) is 6.71. The van der Waals surface area contributed by atoms with Gasteiger partial charge in [-0.2, -0.15) is 0 Å². The molecule has 0 spiro atoms. The number of aromatic nitrogens is 2. The van der Waals surface area contributed by atoms with Crippen molar-refractivity contribution in [1.29, 1.82) is 0 Å². The average Bonchev–Trinajstić information content (AvgIpc) is 2.30. The molecule has 0 aliphatic heterocycles. The quantitative estimate of drug-likeness (QED) is 0.807.